The molecule has 3 N–H and O–H groups in total. The first kappa shape index (κ1) is 9.80. The maximum atomic E-state index is 5.49. The van der Waals surface area contributed by atoms with E-state index in [0.717, 1.165) is 17.0 Å². The van der Waals surface area contributed by atoms with Gasteiger partial charge in [0.25, 0.3) is 0 Å². The van der Waals surface area contributed by atoms with E-state index in [9.17, 15) is 0 Å². The van der Waals surface area contributed by atoms with Crippen LogP contribution in [0.25, 0.3) is 0 Å². The minimum absolute atomic E-state index is 0.388. The predicted octanol–water partition coefficient (Wildman–Crippen LogP) is 1.37. The number of benzene rings is 1. The van der Waals surface area contributed by atoms with Crippen molar-refractivity contribution in [1.29, 1.82) is 0 Å². The Kier molecular flexibility index (Phi) is 3.08. The van der Waals surface area contributed by atoms with Crippen LogP contribution in [0.15, 0.2) is 18.2 Å². The van der Waals surface area contributed by atoms with Crippen LogP contribution in [0.4, 0.5) is 5.69 Å². The van der Waals surface area contributed by atoms with E-state index in [1.165, 1.54) is 0 Å². The molecule has 0 bridgehead atoms. The van der Waals surface area contributed by atoms with Crippen molar-refractivity contribution in [3.8, 4) is 5.75 Å². The molecule has 0 spiro atoms. The standard InChI is InChI=1S/C9H12N2OS/c1-11-7-5-6(9(10)13)3-4-8(7)12-2/h3-5,11H,1-2H3,(H2,10,13). The minimum Gasteiger partial charge on any atom is -0.495 e. The van der Waals surface area contributed by atoms with Gasteiger partial charge in [-0.15, -0.1) is 0 Å². The maximum Gasteiger partial charge on any atom is 0.141 e. The summed E-state index contributed by atoms with van der Waals surface area (Å²) in [5.41, 5.74) is 7.21. The number of methoxy groups -OCH3 is 1. The highest BCUT2D eigenvalue weighted by Crippen LogP contribution is 2.24. The molecule has 3 nitrogen and oxygen atoms in total. The Morgan fingerprint density at radius 1 is 1.54 bits per heavy atom. The molecule has 4 heteroatoms. The lowest BCUT2D eigenvalue weighted by Gasteiger charge is -2.09. The fourth-order valence-electron chi connectivity index (χ4n) is 1.06. The minimum atomic E-state index is 0.388. The molecule has 0 aliphatic heterocycles. The third kappa shape index (κ3) is 2.09. The Labute approximate surface area is 82.9 Å². The fourth-order valence-corrected chi connectivity index (χ4v) is 1.18. The van der Waals surface area contributed by atoms with Gasteiger partial charge in [0.1, 0.15) is 10.7 Å². The number of nitrogens with one attached hydrogen (secondary N) is 1. The Morgan fingerprint density at radius 3 is 2.69 bits per heavy atom. The summed E-state index contributed by atoms with van der Waals surface area (Å²) in [6.07, 6.45) is 0. The van der Waals surface area contributed by atoms with Crippen molar-refractivity contribution in [2.24, 2.45) is 5.73 Å². The summed E-state index contributed by atoms with van der Waals surface area (Å²) in [7, 11) is 3.44. The lowest BCUT2D eigenvalue weighted by atomic mass is 10.2. The molecule has 70 valence electrons. The van der Waals surface area contributed by atoms with Gasteiger partial charge in [-0.2, -0.15) is 0 Å². The van der Waals surface area contributed by atoms with Gasteiger partial charge in [0.15, 0.2) is 0 Å². The molecule has 0 aliphatic rings. The number of thiocarbonyl (C=S) groups is 1. The second-order valence-corrected chi connectivity index (χ2v) is 2.97. The topological polar surface area (TPSA) is 47.3 Å². The first-order valence-corrected chi connectivity index (χ1v) is 4.25. The normalized spacial score (nSPS) is 9.38. The van der Waals surface area contributed by atoms with Gasteiger partial charge in [-0.3, -0.25) is 0 Å². The molecule has 0 atom stereocenters. The summed E-state index contributed by atoms with van der Waals surface area (Å²) in [6.45, 7) is 0. The molecule has 0 unspecified atom stereocenters. The van der Waals surface area contributed by atoms with Crippen LogP contribution in [0, 0.1) is 0 Å². The van der Waals surface area contributed by atoms with Gasteiger partial charge in [0, 0.05) is 12.6 Å². The number of hydrogen-bond acceptors (Lipinski definition) is 3. The van der Waals surface area contributed by atoms with E-state index >= 15 is 0 Å². The van der Waals surface area contributed by atoms with E-state index in [0.29, 0.717) is 4.99 Å². The van der Waals surface area contributed by atoms with Crippen LogP contribution in [0.1, 0.15) is 5.56 Å². The van der Waals surface area contributed by atoms with Crippen molar-refractivity contribution in [2.75, 3.05) is 19.5 Å². The molecular formula is C9H12N2OS. The summed E-state index contributed by atoms with van der Waals surface area (Å²) in [5.74, 6) is 0.780. The number of ether oxygens (including phenoxy) is 1. The largest absolute Gasteiger partial charge is 0.495 e. The smallest absolute Gasteiger partial charge is 0.141 e. The van der Waals surface area contributed by atoms with Gasteiger partial charge in [-0.1, -0.05) is 12.2 Å². The summed E-state index contributed by atoms with van der Waals surface area (Å²) in [5, 5.41) is 3.00. The zero-order valence-electron chi connectivity index (χ0n) is 7.63. The van der Waals surface area contributed by atoms with Crippen molar-refractivity contribution >= 4 is 22.9 Å². The lowest BCUT2D eigenvalue weighted by molar-refractivity contribution is 0.416. The van der Waals surface area contributed by atoms with Crippen LogP contribution in [-0.2, 0) is 0 Å². The third-order valence-electron chi connectivity index (χ3n) is 1.75. The van der Waals surface area contributed by atoms with E-state index in [4.69, 9.17) is 22.7 Å². The first-order chi connectivity index (χ1) is 6.19. The van der Waals surface area contributed by atoms with Crippen LogP contribution < -0.4 is 15.8 Å². The summed E-state index contributed by atoms with van der Waals surface area (Å²) < 4.78 is 5.12. The molecule has 1 aromatic carbocycles. The fraction of sp³-hybridized carbons (Fsp3) is 0.222. The Balaban J connectivity index is 3.13. The van der Waals surface area contributed by atoms with Gasteiger partial charge < -0.3 is 15.8 Å². The maximum absolute atomic E-state index is 5.49. The van der Waals surface area contributed by atoms with Gasteiger partial charge >= 0.3 is 0 Å². The Morgan fingerprint density at radius 2 is 2.23 bits per heavy atom. The second-order valence-electron chi connectivity index (χ2n) is 2.53. The lowest BCUT2D eigenvalue weighted by Crippen LogP contribution is -2.09. The summed E-state index contributed by atoms with van der Waals surface area (Å²) in [6, 6.07) is 5.53. The second kappa shape index (κ2) is 4.09. The molecule has 0 fully saturated rings. The van der Waals surface area contributed by atoms with Gasteiger partial charge in [-0.25, -0.2) is 0 Å². The SMILES string of the molecule is CNc1cc(C(N)=S)ccc1OC. The molecule has 0 saturated heterocycles. The zero-order chi connectivity index (χ0) is 9.84. The first-order valence-electron chi connectivity index (χ1n) is 3.84. The van der Waals surface area contributed by atoms with Crippen molar-refractivity contribution < 1.29 is 4.74 Å². The molecule has 0 aromatic heterocycles. The Hall–Kier alpha value is -1.29. The highest BCUT2D eigenvalue weighted by molar-refractivity contribution is 7.80. The van der Waals surface area contributed by atoms with E-state index in [2.05, 4.69) is 5.32 Å². The van der Waals surface area contributed by atoms with E-state index in [-0.39, 0.29) is 0 Å². The zero-order valence-corrected chi connectivity index (χ0v) is 8.44. The summed E-state index contributed by atoms with van der Waals surface area (Å²) >= 11 is 4.86. The molecular weight excluding hydrogens is 184 g/mol. The van der Waals surface area contributed by atoms with Crippen LogP contribution in [0.3, 0.4) is 0 Å². The third-order valence-corrected chi connectivity index (χ3v) is 1.99. The van der Waals surface area contributed by atoms with Crippen molar-refractivity contribution in [3.05, 3.63) is 23.8 Å². The van der Waals surface area contributed by atoms with Gasteiger partial charge in [0.05, 0.1) is 12.8 Å². The van der Waals surface area contributed by atoms with Gasteiger partial charge in [-0.05, 0) is 18.2 Å². The highest BCUT2D eigenvalue weighted by Gasteiger charge is 2.03. The van der Waals surface area contributed by atoms with E-state index in [1.54, 1.807) is 7.11 Å². The Bertz CT molecular complexity index is 325. The van der Waals surface area contributed by atoms with Crippen molar-refractivity contribution in [2.45, 2.75) is 0 Å². The predicted molar refractivity (Wildman–Crippen MR) is 58.4 cm³/mol. The van der Waals surface area contributed by atoms with E-state index < -0.39 is 0 Å². The molecule has 0 amide bonds. The molecule has 0 radical (unpaired) electrons. The van der Waals surface area contributed by atoms with Crippen LogP contribution in [-0.4, -0.2) is 19.1 Å². The van der Waals surface area contributed by atoms with Crippen molar-refractivity contribution in [3.63, 3.8) is 0 Å². The van der Waals surface area contributed by atoms with Crippen molar-refractivity contribution in [1.82, 2.24) is 0 Å². The van der Waals surface area contributed by atoms with Crippen LogP contribution >= 0.6 is 12.2 Å². The van der Waals surface area contributed by atoms with Crippen LogP contribution in [0.5, 0.6) is 5.75 Å². The monoisotopic (exact) mass is 196 g/mol. The van der Waals surface area contributed by atoms with Gasteiger partial charge in [0.2, 0.25) is 0 Å². The quantitative estimate of drug-likeness (QED) is 0.717. The average Bonchev–Trinajstić information content (AvgIpc) is 2.16. The number of nitrogens with two attached hydrogens (primary N) is 1. The van der Waals surface area contributed by atoms with Crippen LogP contribution in [0.2, 0.25) is 0 Å². The summed E-state index contributed by atoms with van der Waals surface area (Å²) in [4.78, 5) is 0.388. The molecule has 1 aromatic rings. The number of hydrogen-bond donors (Lipinski definition) is 2. The highest BCUT2D eigenvalue weighted by atomic mass is 32.1. The molecule has 0 saturated carbocycles. The molecule has 1 rings (SSSR count). The number of rotatable bonds is 3. The average molecular weight is 196 g/mol. The number of anilines is 1. The molecule has 0 aliphatic carbocycles. The van der Waals surface area contributed by atoms with E-state index in [1.807, 2.05) is 25.2 Å². The molecule has 13 heavy (non-hydrogen) atoms. The molecule has 0 heterocycles.